The lowest BCUT2D eigenvalue weighted by atomic mass is 10.2. The van der Waals surface area contributed by atoms with Gasteiger partial charge in [0, 0.05) is 11.1 Å². The highest BCUT2D eigenvalue weighted by molar-refractivity contribution is 8.00. The molecule has 1 N–H and O–H groups in total. The number of carbonyl (C=O) groups excluding carboxylic acids is 1. The van der Waals surface area contributed by atoms with Crippen LogP contribution in [0.5, 0.6) is 17.2 Å². The summed E-state index contributed by atoms with van der Waals surface area (Å²) in [5.74, 6) is 1.23. The Balaban J connectivity index is 1.77. The molecule has 1 atom stereocenters. The molecule has 0 fully saturated rings. The highest BCUT2D eigenvalue weighted by atomic mass is 35.5. The zero-order valence-electron chi connectivity index (χ0n) is 21.5. The second-order valence-electron chi connectivity index (χ2n) is 8.34. The average molecular weight is 554 g/mol. The minimum atomic E-state index is -0.527. The van der Waals surface area contributed by atoms with Crippen LogP contribution in [0.25, 0.3) is 10.9 Å². The molecule has 0 saturated carbocycles. The zero-order valence-corrected chi connectivity index (χ0v) is 23.1. The molecule has 8 nitrogen and oxygen atoms in total. The molecule has 0 aliphatic carbocycles. The number of thioether (sulfide) groups is 1. The van der Waals surface area contributed by atoms with E-state index in [1.807, 2.05) is 31.2 Å². The molecule has 198 valence electrons. The summed E-state index contributed by atoms with van der Waals surface area (Å²) in [5, 5.41) is 3.81. The summed E-state index contributed by atoms with van der Waals surface area (Å²) in [6, 6.07) is 17.8. The SMILES string of the molecule is CC[C@H](Sc1nc2cc(OC)c(OC)cc2c(=O)n1Cc1ccc(Cl)cc1)C(=O)Nc1ccccc1OC. The van der Waals surface area contributed by atoms with Crippen molar-refractivity contribution >= 4 is 45.9 Å². The lowest BCUT2D eigenvalue weighted by Crippen LogP contribution is -2.28. The van der Waals surface area contributed by atoms with Gasteiger partial charge in [-0.15, -0.1) is 0 Å². The summed E-state index contributed by atoms with van der Waals surface area (Å²) in [7, 11) is 4.59. The van der Waals surface area contributed by atoms with Crippen LogP contribution >= 0.6 is 23.4 Å². The number of halogens is 1. The first-order valence-corrected chi connectivity index (χ1v) is 13.2. The van der Waals surface area contributed by atoms with Gasteiger partial charge in [0.1, 0.15) is 5.75 Å². The summed E-state index contributed by atoms with van der Waals surface area (Å²) in [6.07, 6.45) is 0.506. The molecule has 0 aliphatic rings. The molecule has 4 aromatic rings. The van der Waals surface area contributed by atoms with Gasteiger partial charge in [-0.2, -0.15) is 0 Å². The number of hydrogen-bond acceptors (Lipinski definition) is 7. The third-order valence-corrected chi connectivity index (χ3v) is 7.56. The number of methoxy groups -OCH3 is 3. The number of amides is 1. The first-order valence-electron chi connectivity index (χ1n) is 11.9. The fourth-order valence-electron chi connectivity index (χ4n) is 3.94. The van der Waals surface area contributed by atoms with Crippen molar-refractivity contribution in [2.45, 2.75) is 30.3 Å². The van der Waals surface area contributed by atoms with Crippen LogP contribution in [0.4, 0.5) is 5.69 Å². The predicted octanol–water partition coefficient (Wildman–Crippen LogP) is 5.63. The Morgan fingerprint density at radius 2 is 1.66 bits per heavy atom. The van der Waals surface area contributed by atoms with Crippen molar-refractivity contribution in [3.05, 3.63) is 81.6 Å². The van der Waals surface area contributed by atoms with E-state index in [9.17, 15) is 9.59 Å². The number of ether oxygens (including phenoxy) is 3. The minimum Gasteiger partial charge on any atom is -0.495 e. The fourth-order valence-corrected chi connectivity index (χ4v) is 5.08. The van der Waals surface area contributed by atoms with E-state index in [0.29, 0.717) is 50.4 Å². The van der Waals surface area contributed by atoms with Gasteiger partial charge in [-0.1, -0.05) is 54.6 Å². The van der Waals surface area contributed by atoms with Gasteiger partial charge in [-0.3, -0.25) is 14.2 Å². The van der Waals surface area contributed by atoms with Crippen molar-refractivity contribution < 1.29 is 19.0 Å². The standard InChI is InChI=1S/C28H28ClN3O5S/c1-5-25(26(33)30-20-8-6-7-9-22(20)35-2)38-28-31-21-15-24(37-4)23(36-3)14-19(21)27(34)32(28)16-17-10-12-18(29)13-11-17/h6-15,25H,5,16H2,1-4H3,(H,30,33)/t25-/m0/s1. The first kappa shape index (κ1) is 27.3. The molecular formula is C28H28ClN3O5S. The van der Waals surface area contributed by atoms with E-state index in [1.165, 1.54) is 26.0 Å². The Hall–Kier alpha value is -3.69. The molecule has 0 radical (unpaired) electrons. The van der Waals surface area contributed by atoms with Gasteiger partial charge in [0.15, 0.2) is 16.7 Å². The monoisotopic (exact) mass is 553 g/mol. The van der Waals surface area contributed by atoms with Crippen molar-refractivity contribution in [2.75, 3.05) is 26.6 Å². The number of nitrogens with one attached hydrogen (secondary N) is 1. The van der Waals surface area contributed by atoms with Crippen LogP contribution in [0, 0.1) is 0 Å². The Morgan fingerprint density at radius 3 is 2.32 bits per heavy atom. The van der Waals surface area contributed by atoms with Gasteiger partial charge >= 0.3 is 0 Å². The van der Waals surface area contributed by atoms with Crippen LogP contribution in [-0.4, -0.2) is 42.0 Å². The van der Waals surface area contributed by atoms with Crippen LogP contribution in [0.1, 0.15) is 18.9 Å². The summed E-state index contributed by atoms with van der Waals surface area (Å²) in [5.41, 5.74) is 1.63. The molecule has 38 heavy (non-hydrogen) atoms. The molecule has 0 unspecified atom stereocenters. The summed E-state index contributed by atoms with van der Waals surface area (Å²) in [6.45, 7) is 2.16. The van der Waals surface area contributed by atoms with E-state index in [2.05, 4.69) is 5.32 Å². The Morgan fingerprint density at radius 1 is 1.00 bits per heavy atom. The van der Waals surface area contributed by atoms with E-state index >= 15 is 0 Å². The van der Waals surface area contributed by atoms with Gasteiger partial charge in [-0.05, 0) is 42.3 Å². The second-order valence-corrected chi connectivity index (χ2v) is 9.95. The van der Waals surface area contributed by atoms with Crippen molar-refractivity contribution in [3.8, 4) is 17.2 Å². The zero-order chi connectivity index (χ0) is 27.2. The van der Waals surface area contributed by atoms with Crippen molar-refractivity contribution in [1.82, 2.24) is 9.55 Å². The maximum atomic E-state index is 13.8. The van der Waals surface area contributed by atoms with E-state index < -0.39 is 5.25 Å². The van der Waals surface area contributed by atoms with Gasteiger partial charge in [0.25, 0.3) is 5.56 Å². The normalized spacial score (nSPS) is 11.7. The van der Waals surface area contributed by atoms with E-state index in [4.69, 9.17) is 30.8 Å². The predicted molar refractivity (Wildman–Crippen MR) is 151 cm³/mol. The lowest BCUT2D eigenvalue weighted by Gasteiger charge is -2.19. The quantitative estimate of drug-likeness (QED) is 0.201. The van der Waals surface area contributed by atoms with E-state index in [-0.39, 0.29) is 18.0 Å². The maximum Gasteiger partial charge on any atom is 0.262 e. The van der Waals surface area contributed by atoms with Gasteiger partial charge in [0.2, 0.25) is 5.91 Å². The average Bonchev–Trinajstić information content (AvgIpc) is 2.94. The summed E-state index contributed by atoms with van der Waals surface area (Å²) in [4.78, 5) is 31.9. The van der Waals surface area contributed by atoms with Gasteiger partial charge in [-0.25, -0.2) is 4.98 Å². The molecule has 1 aromatic heterocycles. The molecular weight excluding hydrogens is 526 g/mol. The Bertz CT molecular complexity index is 1510. The lowest BCUT2D eigenvalue weighted by molar-refractivity contribution is -0.115. The minimum absolute atomic E-state index is 0.221. The number of benzene rings is 3. The molecule has 3 aromatic carbocycles. The summed E-state index contributed by atoms with van der Waals surface area (Å²) < 4.78 is 17.8. The molecule has 1 heterocycles. The number of fused-ring (bicyclic) bond motifs is 1. The first-order chi connectivity index (χ1) is 18.4. The van der Waals surface area contributed by atoms with Crippen LogP contribution in [0.15, 0.2) is 70.6 Å². The number of carbonyl (C=O) groups is 1. The molecule has 0 bridgehead atoms. The number of hydrogen-bond donors (Lipinski definition) is 1. The van der Waals surface area contributed by atoms with Crippen molar-refractivity contribution in [3.63, 3.8) is 0 Å². The largest absolute Gasteiger partial charge is 0.495 e. The smallest absolute Gasteiger partial charge is 0.262 e. The number of nitrogens with zero attached hydrogens (tertiary/aromatic N) is 2. The van der Waals surface area contributed by atoms with Crippen molar-refractivity contribution in [2.24, 2.45) is 0 Å². The van der Waals surface area contributed by atoms with Crippen LogP contribution in [-0.2, 0) is 11.3 Å². The molecule has 10 heteroatoms. The Kier molecular flexibility index (Phi) is 8.81. The molecule has 4 rings (SSSR count). The highest BCUT2D eigenvalue weighted by Crippen LogP contribution is 2.33. The van der Waals surface area contributed by atoms with E-state index in [0.717, 1.165) is 5.56 Å². The topological polar surface area (TPSA) is 91.7 Å². The maximum absolute atomic E-state index is 13.8. The number of aromatic nitrogens is 2. The van der Waals surface area contributed by atoms with Crippen LogP contribution in [0.2, 0.25) is 5.02 Å². The molecule has 0 spiro atoms. The molecule has 1 amide bonds. The Labute approximate surface area is 229 Å². The molecule has 0 saturated heterocycles. The number of para-hydroxylation sites is 2. The molecule has 0 aliphatic heterocycles. The third-order valence-electron chi connectivity index (χ3n) is 5.95. The van der Waals surface area contributed by atoms with Crippen LogP contribution in [0.3, 0.4) is 0 Å². The highest BCUT2D eigenvalue weighted by Gasteiger charge is 2.24. The van der Waals surface area contributed by atoms with Gasteiger partial charge in [0.05, 0.1) is 49.7 Å². The third kappa shape index (κ3) is 5.89. The number of rotatable bonds is 10. The van der Waals surface area contributed by atoms with Gasteiger partial charge < -0.3 is 19.5 Å². The second kappa shape index (κ2) is 12.2. The van der Waals surface area contributed by atoms with Crippen LogP contribution < -0.4 is 25.1 Å². The fraction of sp³-hybridized carbons (Fsp3) is 0.250. The summed E-state index contributed by atoms with van der Waals surface area (Å²) >= 11 is 7.30. The number of anilines is 1. The van der Waals surface area contributed by atoms with Crippen molar-refractivity contribution in [1.29, 1.82) is 0 Å². The van der Waals surface area contributed by atoms with E-state index in [1.54, 1.807) is 48.1 Å².